The molecule has 1 heterocycles. The number of nitrogens with one attached hydrogen (secondary N) is 2. The van der Waals surface area contributed by atoms with Crippen molar-refractivity contribution in [3.63, 3.8) is 0 Å². The molecule has 0 saturated heterocycles. The number of hydrogen-bond acceptors (Lipinski definition) is 6. The molecular formula is C9H15N5O3. The molecule has 0 saturated carbocycles. The molecule has 4 N–H and O–H groups in total. The summed E-state index contributed by atoms with van der Waals surface area (Å²) in [7, 11) is 0. The number of carbonyl (C=O) groups is 2. The predicted octanol–water partition coefficient (Wildman–Crippen LogP) is -0.846. The second kappa shape index (κ2) is 5.83. The number of amides is 2. The highest BCUT2D eigenvalue weighted by Crippen LogP contribution is 2.02. The van der Waals surface area contributed by atoms with Crippen LogP contribution in [0, 0.1) is 5.92 Å². The zero-order valence-corrected chi connectivity index (χ0v) is 9.69. The highest BCUT2D eigenvalue weighted by Gasteiger charge is 2.16. The van der Waals surface area contributed by atoms with E-state index in [1.165, 1.54) is 0 Å². The number of hydrogen-bond donors (Lipinski definition) is 3. The van der Waals surface area contributed by atoms with Gasteiger partial charge in [0.25, 0.3) is 5.91 Å². The van der Waals surface area contributed by atoms with Gasteiger partial charge in [-0.15, -0.1) is 0 Å². The molecule has 0 fully saturated rings. The number of carbonyl (C=O) groups excluding carboxylic acids is 2. The SMILES string of the molecule is CC(C)CNC(=O)CNC(=O)c1nonc1N. The quantitative estimate of drug-likeness (QED) is 0.617. The summed E-state index contributed by atoms with van der Waals surface area (Å²) in [4.78, 5) is 22.7. The number of aromatic nitrogens is 2. The number of nitrogens with two attached hydrogens (primary N) is 1. The number of anilines is 1. The first-order valence-corrected chi connectivity index (χ1v) is 5.13. The summed E-state index contributed by atoms with van der Waals surface area (Å²) < 4.78 is 4.27. The largest absolute Gasteiger partial charge is 0.379 e. The predicted molar refractivity (Wildman–Crippen MR) is 58.9 cm³/mol. The van der Waals surface area contributed by atoms with Gasteiger partial charge < -0.3 is 16.4 Å². The Hall–Kier alpha value is -2.12. The Morgan fingerprint density at radius 2 is 2.06 bits per heavy atom. The van der Waals surface area contributed by atoms with Crippen LogP contribution in [0.3, 0.4) is 0 Å². The van der Waals surface area contributed by atoms with Crippen molar-refractivity contribution in [3.8, 4) is 0 Å². The fourth-order valence-corrected chi connectivity index (χ4v) is 0.978. The molecule has 1 rings (SSSR count). The molecule has 17 heavy (non-hydrogen) atoms. The zero-order valence-electron chi connectivity index (χ0n) is 9.69. The third kappa shape index (κ3) is 4.09. The molecular weight excluding hydrogens is 226 g/mol. The molecule has 0 aromatic carbocycles. The number of nitrogen functional groups attached to an aromatic ring is 1. The Morgan fingerprint density at radius 3 is 2.59 bits per heavy atom. The van der Waals surface area contributed by atoms with Crippen molar-refractivity contribution in [1.29, 1.82) is 0 Å². The van der Waals surface area contributed by atoms with Gasteiger partial charge in [-0.3, -0.25) is 9.59 Å². The van der Waals surface area contributed by atoms with Crippen molar-refractivity contribution in [3.05, 3.63) is 5.69 Å². The second-order valence-electron chi connectivity index (χ2n) is 3.88. The standard InChI is InChI=1S/C9H15N5O3/c1-5(2)3-11-6(15)4-12-9(16)7-8(10)14-17-13-7/h5H,3-4H2,1-2H3,(H2,10,14)(H,11,15)(H,12,16). The average Bonchev–Trinajstić information content (AvgIpc) is 2.69. The lowest BCUT2D eigenvalue weighted by atomic mass is 10.2. The molecule has 0 aliphatic carbocycles. The van der Waals surface area contributed by atoms with Gasteiger partial charge in [0, 0.05) is 6.54 Å². The van der Waals surface area contributed by atoms with Crippen LogP contribution in [0.2, 0.25) is 0 Å². The summed E-state index contributed by atoms with van der Waals surface area (Å²) in [5, 5.41) is 11.6. The fraction of sp³-hybridized carbons (Fsp3) is 0.556. The van der Waals surface area contributed by atoms with Gasteiger partial charge in [-0.2, -0.15) is 0 Å². The van der Waals surface area contributed by atoms with Gasteiger partial charge in [0.2, 0.25) is 17.4 Å². The molecule has 0 aliphatic heterocycles. The molecule has 8 nitrogen and oxygen atoms in total. The van der Waals surface area contributed by atoms with E-state index in [0.29, 0.717) is 12.5 Å². The first-order valence-electron chi connectivity index (χ1n) is 5.13. The zero-order chi connectivity index (χ0) is 12.8. The lowest BCUT2D eigenvalue weighted by Gasteiger charge is -2.07. The third-order valence-electron chi connectivity index (χ3n) is 1.85. The van der Waals surface area contributed by atoms with E-state index >= 15 is 0 Å². The van der Waals surface area contributed by atoms with Gasteiger partial charge in [-0.25, -0.2) is 4.63 Å². The summed E-state index contributed by atoms with van der Waals surface area (Å²) in [6.07, 6.45) is 0. The molecule has 0 radical (unpaired) electrons. The van der Waals surface area contributed by atoms with Crippen LogP contribution in [0.4, 0.5) is 5.82 Å². The maximum absolute atomic E-state index is 11.4. The van der Waals surface area contributed by atoms with Crippen LogP contribution >= 0.6 is 0 Å². The van der Waals surface area contributed by atoms with Crippen molar-refractivity contribution in [2.24, 2.45) is 5.92 Å². The van der Waals surface area contributed by atoms with E-state index in [4.69, 9.17) is 5.73 Å². The lowest BCUT2D eigenvalue weighted by Crippen LogP contribution is -2.38. The van der Waals surface area contributed by atoms with Gasteiger partial charge in [0.1, 0.15) is 0 Å². The van der Waals surface area contributed by atoms with Gasteiger partial charge in [-0.1, -0.05) is 13.8 Å². The van der Waals surface area contributed by atoms with Gasteiger partial charge in [0.05, 0.1) is 6.54 Å². The van der Waals surface area contributed by atoms with Crippen LogP contribution in [-0.4, -0.2) is 35.2 Å². The van der Waals surface area contributed by atoms with Crippen molar-refractivity contribution in [1.82, 2.24) is 20.9 Å². The summed E-state index contributed by atoms with van der Waals surface area (Å²) in [5.41, 5.74) is 5.19. The average molecular weight is 241 g/mol. The van der Waals surface area contributed by atoms with Gasteiger partial charge in [-0.05, 0) is 16.2 Å². The minimum atomic E-state index is -0.594. The maximum Gasteiger partial charge on any atom is 0.277 e. The van der Waals surface area contributed by atoms with Crippen LogP contribution in [-0.2, 0) is 4.79 Å². The topological polar surface area (TPSA) is 123 Å². The van der Waals surface area contributed by atoms with E-state index in [1.54, 1.807) is 0 Å². The van der Waals surface area contributed by atoms with Crippen molar-refractivity contribution < 1.29 is 14.2 Å². The van der Waals surface area contributed by atoms with Crippen LogP contribution in [0.15, 0.2) is 4.63 Å². The molecule has 8 heteroatoms. The first-order chi connectivity index (χ1) is 8.00. The summed E-state index contributed by atoms with van der Waals surface area (Å²) >= 11 is 0. The van der Waals surface area contributed by atoms with Crippen molar-refractivity contribution in [2.75, 3.05) is 18.8 Å². The molecule has 0 atom stereocenters. The summed E-state index contributed by atoms with van der Waals surface area (Å²) in [6, 6.07) is 0. The highest BCUT2D eigenvalue weighted by atomic mass is 16.6. The first kappa shape index (κ1) is 12.9. The molecule has 0 unspecified atom stereocenters. The van der Waals surface area contributed by atoms with E-state index in [0.717, 1.165) is 0 Å². The second-order valence-corrected chi connectivity index (χ2v) is 3.88. The normalized spacial score (nSPS) is 10.3. The van der Waals surface area contributed by atoms with Crippen LogP contribution < -0.4 is 16.4 Å². The molecule has 0 spiro atoms. The van der Waals surface area contributed by atoms with Crippen molar-refractivity contribution in [2.45, 2.75) is 13.8 Å². The van der Waals surface area contributed by atoms with Gasteiger partial charge >= 0.3 is 0 Å². The van der Waals surface area contributed by atoms with E-state index < -0.39 is 5.91 Å². The Morgan fingerprint density at radius 1 is 1.35 bits per heavy atom. The van der Waals surface area contributed by atoms with E-state index in [-0.39, 0.29) is 24.0 Å². The summed E-state index contributed by atoms with van der Waals surface area (Å²) in [6.45, 7) is 4.36. The minimum absolute atomic E-state index is 0.106. The van der Waals surface area contributed by atoms with E-state index in [1.807, 2.05) is 13.8 Å². The number of rotatable bonds is 5. The van der Waals surface area contributed by atoms with Gasteiger partial charge in [0.15, 0.2) is 0 Å². The van der Waals surface area contributed by atoms with Crippen LogP contribution in [0.1, 0.15) is 24.3 Å². The molecule has 1 aromatic rings. The van der Waals surface area contributed by atoms with Crippen molar-refractivity contribution >= 4 is 17.6 Å². The molecule has 0 aliphatic rings. The Labute approximate surface area is 97.9 Å². The Bertz CT molecular complexity index is 401. The highest BCUT2D eigenvalue weighted by molar-refractivity contribution is 5.97. The number of nitrogens with zero attached hydrogens (tertiary/aromatic N) is 2. The fourth-order valence-electron chi connectivity index (χ4n) is 0.978. The molecule has 94 valence electrons. The molecule has 0 bridgehead atoms. The smallest absolute Gasteiger partial charge is 0.277 e. The monoisotopic (exact) mass is 241 g/mol. The van der Waals surface area contributed by atoms with Crippen LogP contribution in [0.5, 0.6) is 0 Å². The molecule has 2 amide bonds. The van der Waals surface area contributed by atoms with E-state index in [2.05, 4.69) is 25.6 Å². The lowest BCUT2D eigenvalue weighted by molar-refractivity contribution is -0.120. The molecule has 1 aromatic heterocycles. The third-order valence-corrected chi connectivity index (χ3v) is 1.85. The minimum Gasteiger partial charge on any atom is -0.379 e. The summed E-state index contributed by atoms with van der Waals surface area (Å²) in [5.74, 6) is -0.624. The maximum atomic E-state index is 11.4. The Kier molecular flexibility index (Phi) is 4.44. The Balaban J connectivity index is 2.34. The van der Waals surface area contributed by atoms with Crippen LogP contribution in [0.25, 0.3) is 0 Å². The van der Waals surface area contributed by atoms with E-state index in [9.17, 15) is 9.59 Å².